The Morgan fingerprint density at radius 3 is 2.35 bits per heavy atom. The van der Waals surface area contributed by atoms with Crippen LogP contribution >= 0.6 is 0 Å². The zero-order valence-corrected chi connectivity index (χ0v) is 22.1. The van der Waals surface area contributed by atoms with Gasteiger partial charge in [-0.3, -0.25) is 9.59 Å². The number of hydrogen-bond donors (Lipinski definition) is 2. The number of nitrogens with one attached hydrogen (secondary N) is 2. The molecule has 0 bridgehead atoms. The van der Waals surface area contributed by atoms with Gasteiger partial charge in [0.2, 0.25) is 11.8 Å². The van der Waals surface area contributed by atoms with Crippen LogP contribution in [0.25, 0.3) is 0 Å². The van der Waals surface area contributed by atoms with E-state index >= 15 is 0 Å². The molecule has 3 amide bonds. The largest absolute Gasteiger partial charge is 0.444 e. The highest BCUT2D eigenvalue weighted by Crippen LogP contribution is 2.41. The molecule has 190 valence electrons. The van der Waals surface area contributed by atoms with Crippen molar-refractivity contribution in [3.63, 3.8) is 0 Å². The topological polar surface area (TPSA) is 87.7 Å². The molecule has 1 saturated carbocycles. The van der Waals surface area contributed by atoms with Gasteiger partial charge in [0.05, 0.1) is 0 Å². The average Bonchev–Trinajstić information content (AvgIpc) is 3.44. The summed E-state index contributed by atoms with van der Waals surface area (Å²) >= 11 is 0. The Labute approximate surface area is 205 Å². The average molecular weight is 474 g/mol. The van der Waals surface area contributed by atoms with Crippen molar-refractivity contribution in [2.45, 2.75) is 98.4 Å². The molecule has 1 aliphatic rings. The first-order valence-corrected chi connectivity index (χ1v) is 12.5. The quantitative estimate of drug-likeness (QED) is 0.481. The lowest BCUT2D eigenvalue weighted by atomic mass is 9.97. The predicted molar refractivity (Wildman–Crippen MR) is 134 cm³/mol. The first-order chi connectivity index (χ1) is 15.9. The first kappa shape index (κ1) is 27.7. The predicted octanol–water partition coefficient (Wildman–Crippen LogP) is 4.74. The van der Waals surface area contributed by atoms with Crippen LogP contribution in [0.3, 0.4) is 0 Å². The molecule has 34 heavy (non-hydrogen) atoms. The second-order valence-corrected chi connectivity index (χ2v) is 10.9. The van der Waals surface area contributed by atoms with E-state index in [1.54, 1.807) is 25.7 Å². The van der Waals surface area contributed by atoms with Crippen LogP contribution in [-0.2, 0) is 14.3 Å². The van der Waals surface area contributed by atoms with E-state index in [4.69, 9.17) is 4.74 Å². The van der Waals surface area contributed by atoms with Gasteiger partial charge >= 0.3 is 6.09 Å². The van der Waals surface area contributed by atoms with E-state index in [1.807, 2.05) is 45.0 Å². The van der Waals surface area contributed by atoms with Gasteiger partial charge in [-0.1, -0.05) is 63.9 Å². The number of benzene rings is 1. The fraction of sp³-hybridized carbons (Fsp3) is 0.667. The summed E-state index contributed by atoms with van der Waals surface area (Å²) in [6.07, 6.45) is 2.03. The summed E-state index contributed by atoms with van der Waals surface area (Å²) in [6.45, 7) is 15.8. The molecule has 0 aromatic heterocycles. The maximum absolute atomic E-state index is 14.0. The van der Waals surface area contributed by atoms with Gasteiger partial charge in [-0.05, 0) is 57.9 Å². The minimum Gasteiger partial charge on any atom is -0.444 e. The Bertz CT molecular complexity index is 862. The molecule has 7 heteroatoms. The number of alkyl carbamates (subject to hydrolysis) is 1. The standard InChI is InChI=1S/C27H43N3O4/c1-9-10-14-28-24(31)23(20-13-11-12-18(4)15-20)30(21-16-19(21)5)25(32)22(17(2)3)29-26(33)34-27(6,7)8/h11-13,15,17,19,21-23H,9-10,14,16H2,1-8H3,(H,28,31)(H,29,33). The molecule has 2 rings (SSSR count). The van der Waals surface area contributed by atoms with Crippen LogP contribution in [0.1, 0.15) is 84.9 Å². The van der Waals surface area contributed by atoms with Crippen molar-refractivity contribution in [3.05, 3.63) is 35.4 Å². The van der Waals surface area contributed by atoms with Crippen molar-refractivity contribution < 1.29 is 19.1 Å². The number of amides is 3. The van der Waals surface area contributed by atoms with Crippen molar-refractivity contribution in [2.75, 3.05) is 6.54 Å². The number of hydrogen-bond acceptors (Lipinski definition) is 4. The molecule has 7 nitrogen and oxygen atoms in total. The van der Waals surface area contributed by atoms with Gasteiger partial charge in [-0.25, -0.2) is 4.79 Å². The Morgan fingerprint density at radius 1 is 1.21 bits per heavy atom. The lowest BCUT2D eigenvalue weighted by molar-refractivity contribution is -0.144. The Morgan fingerprint density at radius 2 is 1.85 bits per heavy atom. The summed E-state index contributed by atoms with van der Waals surface area (Å²) in [5.41, 5.74) is 1.12. The number of aryl methyl sites for hydroxylation is 1. The number of unbranched alkanes of at least 4 members (excludes halogenated alkanes) is 1. The molecule has 2 N–H and O–H groups in total. The third kappa shape index (κ3) is 7.74. The molecule has 1 aromatic rings. The number of carbonyl (C=O) groups is 3. The van der Waals surface area contributed by atoms with E-state index in [-0.39, 0.29) is 29.7 Å². The number of ether oxygens (including phenoxy) is 1. The molecule has 1 aromatic carbocycles. The normalized spacial score (nSPS) is 19.2. The van der Waals surface area contributed by atoms with E-state index < -0.39 is 23.8 Å². The number of nitrogens with zero attached hydrogens (tertiary/aromatic N) is 1. The monoisotopic (exact) mass is 473 g/mol. The van der Waals surface area contributed by atoms with E-state index in [0.29, 0.717) is 6.54 Å². The maximum Gasteiger partial charge on any atom is 0.408 e. The highest BCUT2D eigenvalue weighted by atomic mass is 16.6. The summed E-state index contributed by atoms with van der Waals surface area (Å²) < 4.78 is 5.42. The van der Waals surface area contributed by atoms with Gasteiger partial charge in [0.1, 0.15) is 17.7 Å². The fourth-order valence-corrected chi connectivity index (χ4v) is 4.04. The van der Waals surface area contributed by atoms with Crippen molar-refractivity contribution in [1.82, 2.24) is 15.5 Å². The SMILES string of the molecule is CCCCNC(=O)C(c1cccc(C)c1)N(C(=O)C(NC(=O)OC(C)(C)C)C(C)C)C1CC1C. The molecule has 4 atom stereocenters. The lowest BCUT2D eigenvalue weighted by Crippen LogP contribution is -2.55. The van der Waals surface area contributed by atoms with Crippen molar-refractivity contribution in [3.8, 4) is 0 Å². The Kier molecular flexibility index (Phi) is 9.54. The van der Waals surface area contributed by atoms with Gasteiger partial charge in [0.15, 0.2) is 0 Å². The van der Waals surface area contributed by atoms with E-state index in [9.17, 15) is 14.4 Å². The van der Waals surface area contributed by atoms with Gasteiger partial charge in [-0.15, -0.1) is 0 Å². The smallest absolute Gasteiger partial charge is 0.408 e. The van der Waals surface area contributed by atoms with Crippen LogP contribution in [0, 0.1) is 18.8 Å². The molecule has 0 aliphatic heterocycles. The van der Waals surface area contributed by atoms with Gasteiger partial charge < -0.3 is 20.3 Å². The van der Waals surface area contributed by atoms with Crippen LogP contribution in [-0.4, -0.2) is 47.0 Å². The molecule has 4 unspecified atom stereocenters. The summed E-state index contributed by atoms with van der Waals surface area (Å²) in [5.74, 6) is -0.342. The van der Waals surface area contributed by atoms with Crippen molar-refractivity contribution in [2.24, 2.45) is 11.8 Å². The zero-order chi connectivity index (χ0) is 25.6. The van der Waals surface area contributed by atoms with E-state index in [2.05, 4.69) is 24.5 Å². The second kappa shape index (κ2) is 11.7. The summed E-state index contributed by atoms with van der Waals surface area (Å²) in [6, 6.07) is 6.12. The zero-order valence-electron chi connectivity index (χ0n) is 22.1. The van der Waals surface area contributed by atoms with Gasteiger partial charge in [0, 0.05) is 12.6 Å². The molecule has 1 fully saturated rings. The van der Waals surface area contributed by atoms with Crippen molar-refractivity contribution in [1.29, 1.82) is 0 Å². The Balaban J connectivity index is 2.43. The molecule has 1 aliphatic carbocycles. The molecule has 0 radical (unpaired) electrons. The van der Waals surface area contributed by atoms with Crippen molar-refractivity contribution >= 4 is 17.9 Å². The number of rotatable bonds is 10. The van der Waals surface area contributed by atoms with Crippen LogP contribution in [0.5, 0.6) is 0 Å². The van der Waals surface area contributed by atoms with Gasteiger partial charge in [-0.2, -0.15) is 0 Å². The van der Waals surface area contributed by atoms with E-state index in [0.717, 1.165) is 30.4 Å². The minimum atomic E-state index is -0.807. The summed E-state index contributed by atoms with van der Waals surface area (Å²) in [7, 11) is 0. The van der Waals surface area contributed by atoms with Crippen LogP contribution < -0.4 is 10.6 Å². The Hall–Kier alpha value is -2.57. The van der Waals surface area contributed by atoms with Crippen LogP contribution in [0.4, 0.5) is 4.79 Å². The molecular weight excluding hydrogens is 430 g/mol. The highest BCUT2D eigenvalue weighted by Gasteiger charge is 2.48. The molecule has 0 saturated heterocycles. The lowest BCUT2D eigenvalue weighted by Gasteiger charge is -2.36. The highest BCUT2D eigenvalue weighted by molar-refractivity contribution is 5.92. The third-order valence-electron chi connectivity index (χ3n) is 6.00. The first-order valence-electron chi connectivity index (χ1n) is 12.5. The summed E-state index contributed by atoms with van der Waals surface area (Å²) in [5, 5.41) is 5.81. The number of carbonyl (C=O) groups excluding carboxylic acids is 3. The third-order valence-corrected chi connectivity index (χ3v) is 6.00. The second-order valence-electron chi connectivity index (χ2n) is 10.9. The van der Waals surface area contributed by atoms with Crippen LogP contribution in [0.15, 0.2) is 24.3 Å². The molecular formula is C27H43N3O4. The maximum atomic E-state index is 14.0. The van der Waals surface area contributed by atoms with E-state index in [1.165, 1.54) is 0 Å². The molecule has 0 spiro atoms. The fourth-order valence-electron chi connectivity index (χ4n) is 4.04. The minimum absolute atomic E-state index is 0.0587. The summed E-state index contributed by atoms with van der Waals surface area (Å²) in [4.78, 5) is 41.8. The van der Waals surface area contributed by atoms with Crippen LogP contribution in [0.2, 0.25) is 0 Å². The van der Waals surface area contributed by atoms with Gasteiger partial charge in [0.25, 0.3) is 0 Å². The molecule has 0 heterocycles.